The summed E-state index contributed by atoms with van der Waals surface area (Å²) in [5, 5.41) is 9.19. The number of rotatable bonds is 2. The Morgan fingerprint density at radius 1 is 1.43 bits per heavy atom. The molecule has 2 aromatic rings. The molecular formula is C10H9BrN2O. The van der Waals surface area contributed by atoms with E-state index in [1.54, 1.807) is 12.5 Å². The first-order chi connectivity index (χ1) is 6.81. The monoisotopic (exact) mass is 252 g/mol. The number of hydrogen-bond donors (Lipinski definition) is 1. The van der Waals surface area contributed by atoms with Gasteiger partial charge in [0.15, 0.2) is 0 Å². The van der Waals surface area contributed by atoms with Crippen molar-refractivity contribution in [3.05, 3.63) is 47.0 Å². The zero-order valence-electron chi connectivity index (χ0n) is 7.39. The molecule has 0 fully saturated rings. The molecule has 0 aliphatic rings. The molecule has 14 heavy (non-hydrogen) atoms. The molecule has 0 spiro atoms. The first-order valence-corrected chi connectivity index (χ1v) is 4.98. The van der Waals surface area contributed by atoms with E-state index in [2.05, 4.69) is 20.9 Å². The van der Waals surface area contributed by atoms with Gasteiger partial charge in [-0.1, -0.05) is 15.9 Å². The molecule has 0 bridgehead atoms. The highest BCUT2D eigenvalue weighted by Gasteiger charge is 2.03. The second-order valence-electron chi connectivity index (χ2n) is 2.90. The van der Waals surface area contributed by atoms with E-state index in [1.807, 2.05) is 29.0 Å². The van der Waals surface area contributed by atoms with Crippen LogP contribution in [0.1, 0.15) is 5.56 Å². The molecule has 1 heterocycles. The maximum atomic E-state index is 9.19. The summed E-state index contributed by atoms with van der Waals surface area (Å²) in [5.74, 6) is 0. The van der Waals surface area contributed by atoms with E-state index in [0.717, 1.165) is 15.7 Å². The van der Waals surface area contributed by atoms with E-state index in [9.17, 15) is 5.11 Å². The Kier molecular flexibility index (Phi) is 2.65. The summed E-state index contributed by atoms with van der Waals surface area (Å²) in [4.78, 5) is 3.97. The Morgan fingerprint density at radius 3 is 2.93 bits per heavy atom. The predicted octanol–water partition coefficient (Wildman–Crippen LogP) is 2.13. The molecule has 0 atom stereocenters. The van der Waals surface area contributed by atoms with E-state index in [0.29, 0.717) is 0 Å². The van der Waals surface area contributed by atoms with Crippen LogP contribution in [0.25, 0.3) is 5.69 Å². The molecule has 72 valence electrons. The van der Waals surface area contributed by atoms with E-state index in [4.69, 9.17) is 0 Å². The summed E-state index contributed by atoms with van der Waals surface area (Å²) in [6.07, 6.45) is 5.27. The average Bonchev–Trinajstić information content (AvgIpc) is 2.70. The number of imidazole rings is 1. The van der Waals surface area contributed by atoms with Crippen molar-refractivity contribution in [2.45, 2.75) is 6.61 Å². The van der Waals surface area contributed by atoms with Crippen molar-refractivity contribution in [1.82, 2.24) is 9.55 Å². The van der Waals surface area contributed by atoms with Gasteiger partial charge in [-0.3, -0.25) is 0 Å². The van der Waals surface area contributed by atoms with Crippen LogP contribution in [-0.4, -0.2) is 14.7 Å². The van der Waals surface area contributed by atoms with Crippen LogP contribution in [0.2, 0.25) is 0 Å². The van der Waals surface area contributed by atoms with Crippen LogP contribution in [-0.2, 0) is 6.61 Å². The van der Waals surface area contributed by atoms with Crippen LogP contribution in [0.5, 0.6) is 0 Å². The van der Waals surface area contributed by atoms with Crippen LogP contribution in [0, 0.1) is 0 Å². The minimum Gasteiger partial charge on any atom is -0.392 e. The molecule has 0 aliphatic heterocycles. The van der Waals surface area contributed by atoms with Crippen molar-refractivity contribution in [3.63, 3.8) is 0 Å². The number of nitrogens with zero attached hydrogens (tertiary/aromatic N) is 2. The maximum Gasteiger partial charge on any atom is 0.0991 e. The number of aliphatic hydroxyl groups excluding tert-OH is 1. The molecule has 3 nitrogen and oxygen atoms in total. The van der Waals surface area contributed by atoms with Crippen molar-refractivity contribution >= 4 is 15.9 Å². The Balaban J connectivity index is 2.53. The lowest BCUT2D eigenvalue weighted by Gasteiger charge is -2.08. The predicted molar refractivity (Wildman–Crippen MR) is 57.2 cm³/mol. The smallest absolute Gasteiger partial charge is 0.0991 e. The van der Waals surface area contributed by atoms with Gasteiger partial charge in [0, 0.05) is 22.4 Å². The summed E-state index contributed by atoms with van der Waals surface area (Å²) in [5.41, 5.74) is 1.82. The van der Waals surface area contributed by atoms with Crippen molar-refractivity contribution in [1.29, 1.82) is 0 Å². The second-order valence-corrected chi connectivity index (χ2v) is 3.82. The van der Waals surface area contributed by atoms with E-state index in [-0.39, 0.29) is 6.61 Å². The Bertz CT molecular complexity index is 426. The van der Waals surface area contributed by atoms with Crippen LogP contribution in [0.4, 0.5) is 0 Å². The van der Waals surface area contributed by atoms with Gasteiger partial charge in [0.1, 0.15) is 0 Å². The van der Waals surface area contributed by atoms with Crippen LogP contribution >= 0.6 is 15.9 Å². The van der Waals surface area contributed by atoms with E-state index >= 15 is 0 Å². The van der Waals surface area contributed by atoms with Crippen molar-refractivity contribution in [3.8, 4) is 5.69 Å². The molecule has 1 aromatic heterocycles. The third-order valence-electron chi connectivity index (χ3n) is 1.99. The summed E-state index contributed by atoms with van der Waals surface area (Å²) in [7, 11) is 0. The quantitative estimate of drug-likeness (QED) is 0.890. The van der Waals surface area contributed by atoms with Gasteiger partial charge >= 0.3 is 0 Å². The zero-order valence-corrected chi connectivity index (χ0v) is 8.98. The summed E-state index contributed by atoms with van der Waals surface area (Å²) in [6.45, 7) is 0.0208. The van der Waals surface area contributed by atoms with Crippen LogP contribution in [0.3, 0.4) is 0 Å². The lowest BCUT2D eigenvalue weighted by atomic mass is 10.2. The first-order valence-electron chi connectivity index (χ1n) is 4.19. The van der Waals surface area contributed by atoms with Gasteiger partial charge in [-0.15, -0.1) is 0 Å². The third-order valence-corrected chi connectivity index (χ3v) is 2.49. The molecule has 0 aliphatic carbocycles. The highest BCUT2D eigenvalue weighted by Crippen LogP contribution is 2.19. The van der Waals surface area contributed by atoms with E-state index < -0.39 is 0 Å². The minimum absolute atomic E-state index is 0.0208. The van der Waals surface area contributed by atoms with Crippen molar-refractivity contribution < 1.29 is 5.11 Å². The molecule has 4 heteroatoms. The Morgan fingerprint density at radius 2 is 2.29 bits per heavy atom. The number of aliphatic hydroxyl groups is 1. The molecule has 0 unspecified atom stereocenters. The zero-order chi connectivity index (χ0) is 9.97. The SMILES string of the molecule is OCc1cc(Br)ccc1-n1ccnc1. The fourth-order valence-electron chi connectivity index (χ4n) is 1.33. The van der Waals surface area contributed by atoms with Gasteiger partial charge in [0.05, 0.1) is 18.6 Å². The standard InChI is InChI=1S/C10H9BrN2O/c11-9-1-2-10(8(5-9)6-14)13-4-3-12-7-13/h1-5,7,14H,6H2. The fraction of sp³-hybridized carbons (Fsp3) is 0.100. The van der Waals surface area contributed by atoms with Crippen LogP contribution < -0.4 is 0 Å². The molecule has 1 aromatic carbocycles. The normalized spacial score (nSPS) is 10.4. The molecule has 0 saturated carbocycles. The number of hydrogen-bond acceptors (Lipinski definition) is 2. The largest absolute Gasteiger partial charge is 0.392 e. The highest BCUT2D eigenvalue weighted by molar-refractivity contribution is 9.10. The van der Waals surface area contributed by atoms with Gasteiger partial charge in [-0.05, 0) is 18.2 Å². The molecule has 0 saturated heterocycles. The minimum atomic E-state index is 0.0208. The second kappa shape index (κ2) is 3.94. The Hall–Kier alpha value is -1.13. The fourth-order valence-corrected chi connectivity index (χ4v) is 1.74. The number of benzene rings is 1. The molecular weight excluding hydrogens is 244 g/mol. The van der Waals surface area contributed by atoms with Gasteiger partial charge in [-0.2, -0.15) is 0 Å². The molecule has 2 rings (SSSR count). The summed E-state index contributed by atoms with van der Waals surface area (Å²) < 4.78 is 2.84. The lowest BCUT2D eigenvalue weighted by molar-refractivity contribution is 0.281. The highest BCUT2D eigenvalue weighted by atomic mass is 79.9. The van der Waals surface area contributed by atoms with Crippen molar-refractivity contribution in [2.24, 2.45) is 0 Å². The van der Waals surface area contributed by atoms with Gasteiger partial charge in [-0.25, -0.2) is 4.98 Å². The Labute approximate surface area is 90.2 Å². The number of halogens is 1. The maximum absolute atomic E-state index is 9.19. The topological polar surface area (TPSA) is 38.0 Å². The molecule has 0 radical (unpaired) electrons. The van der Waals surface area contributed by atoms with Gasteiger partial charge in [0.2, 0.25) is 0 Å². The molecule has 0 amide bonds. The van der Waals surface area contributed by atoms with Crippen molar-refractivity contribution in [2.75, 3.05) is 0 Å². The van der Waals surface area contributed by atoms with Crippen LogP contribution in [0.15, 0.2) is 41.4 Å². The van der Waals surface area contributed by atoms with Gasteiger partial charge < -0.3 is 9.67 Å². The number of aromatic nitrogens is 2. The van der Waals surface area contributed by atoms with Gasteiger partial charge in [0.25, 0.3) is 0 Å². The average molecular weight is 253 g/mol. The summed E-state index contributed by atoms with van der Waals surface area (Å²) >= 11 is 3.36. The molecule has 1 N–H and O–H groups in total. The van der Waals surface area contributed by atoms with E-state index in [1.165, 1.54) is 0 Å². The lowest BCUT2D eigenvalue weighted by Crippen LogP contribution is -1.97. The first kappa shape index (κ1) is 9.43. The summed E-state index contributed by atoms with van der Waals surface area (Å²) in [6, 6.07) is 5.78. The third kappa shape index (κ3) is 1.71.